The molecular formula is C7H5BrF3NO. The van der Waals surface area contributed by atoms with E-state index in [1.807, 2.05) is 0 Å². The van der Waals surface area contributed by atoms with Crippen LogP contribution < -0.4 is 0 Å². The van der Waals surface area contributed by atoms with Crippen molar-refractivity contribution < 1.29 is 18.3 Å². The summed E-state index contributed by atoms with van der Waals surface area (Å²) in [5, 5.41) is 8.60. The molecule has 1 aromatic rings. The predicted molar refractivity (Wildman–Crippen MR) is 42.9 cm³/mol. The molecule has 6 heteroatoms. The molecule has 1 heterocycles. The average Bonchev–Trinajstić information content (AvgIpc) is 2.01. The summed E-state index contributed by atoms with van der Waals surface area (Å²) in [5.41, 5.74) is -0.833. The van der Waals surface area contributed by atoms with Gasteiger partial charge in [0.05, 0.1) is 17.9 Å². The predicted octanol–water partition coefficient (Wildman–Crippen LogP) is 2.36. The second kappa shape index (κ2) is 3.63. The smallest absolute Gasteiger partial charge is 0.390 e. The van der Waals surface area contributed by atoms with Crippen molar-refractivity contribution in [1.82, 2.24) is 4.98 Å². The molecule has 0 unspecified atom stereocenters. The summed E-state index contributed by atoms with van der Waals surface area (Å²) in [6, 6.07) is 1.67. The normalized spacial score (nSPS) is 11.8. The van der Waals surface area contributed by atoms with E-state index in [1.165, 1.54) is 0 Å². The Labute approximate surface area is 80.5 Å². The summed E-state index contributed by atoms with van der Waals surface area (Å²) < 4.78 is 36.5. The van der Waals surface area contributed by atoms with E-state index in [0.29, 0.717) is 0 Å². The maximum absolute atomic E-state index is 12.2. The zero-order valence-electron chi connectivity index (χ0n) is 6.27. The van der Waals surface area contributed by atoms with Gasteiger partial charge in [0.1, 0.15) is 4.60 Å². The maximum atomic E-state index is 12.2. The van der Waals surface area contributed by atoms with Gasteiger partial charge in [0.15, 0.2) is 0 Å². The molecule has 0 aliphatic rings. The Balaban J connectivity index is 3.16. The Morgan fingerprint density at radius 1 is 1.38 bits per heavy atom. The van der Waals surface area contributed by atoms with Crippen LogP contribution in [-0.2, 0) is 12.8 Å². The molecule has 2 nitrogen and oxygen atoms in total. The highest BCUT2D eigenvalue weighted by atomic mass is 79.9. The lowest BCUT2D eigenvalue weighted by Gasteiger charge is -2.07. The molecule has 0 aliphatic heterocycles. The van der Waals surface area contributed by atoms with Crippen LogP contribution in [0.1, 0.15) is 11.3 Å². The van der Waals surface area contributed by atoms with E-state index in [2.05, 4.69) is 20.9 Å². The molecule has 0 aliphatic carbocycles. The number of rotatable bonds is 1. The van der Waals surface area contributed by atoms with Crippen LogP contribution in [0.4, 0.5) is 13.2 Å². The monoisotopic (exact) mass is 255 g/mol. The van der Waals surface area contributed by atoms with Crippen molar-refractivity contribution >= 4 is 15.9 Å². The molecule has 0 saturated heterocycles. The average molecular weight is 256 g/mol. The maximum Gasteiger partial charge on any atom is 0.416 e. The van der Waals surface area contributed by atoms with Crippen LogP contribution in [0.2, 0.25) is 0 Å². The molecule has 0 aromatic carbocycles. The van der Waals surface area contributed by atoms with Crippen molar-refractivity contribution in [1.29, 1.82) is 0 Å². The summed E-state index contributed by atoms with van der Waals surface area (Å²) in [6.45, 7) is -0.511. The van der Waals surface area contributed by atoms with Gasteiger partial charge in [-0.05, 0) is 28.1 Å². The summed E-state index contributed by atoms with van der Waals surface area (Å²) >= 11 is 2.82. The standard InChI is InChI=1S/C7H5BrF3NO/c8-6-2-4(7(9,10)11)1-5(3-13)12-6/h1-2,13H,3H2. The Bertz CT molecular complexity index is 313. The van der Waals surface area contributed by atoms with Crippen LogP contribution >= 0.6 is 15.9 Å². The second-order valence-electron chi connectivity index (χ2n) is 2.33. The van der Waals surface area contributed by atoms with E-state index >= 15 is 0 Å². The van der Waals surface area contributed by atoms with Crippen LogP contribution in [0.25, 0.3) is 0 Å². The third kappa shape index (κ3) is 2.67. The quantitative estimate of drug-likeness (QED) is 0.782. The zero-order chi connectivity index (χ0) is 10.1. The molecule has 0 saturated carbocycles. The molecule has 1 aromatic heterocycles. The first kappa shape index (κ1) is 10.5. The van der Waals surface area contributed by atoms with Gasteiger partial charge in [-0.1, -0.05) is 0 Å². The Kier molecular flexibility index (Phi) is 2.92. The number of pyridine rings is 1. The lowest BCUT2D eigenvalue weighted by molar-refractivity contribution is -0.137. The van der Waals surface area contributed by atoms with Crippen molar-refractivity contribution in [2.24, 2.45) is 0 Å². The zero-order valence-corrected chi connectivity index (χ0v) is 7.85. The van der Waals surface area contributed by atoms with Gasteiger partial charge in [-0.15, -0.1) is 0 Å². The van der Waals surface area contributed by atoms with Crippen LogP contribution in [0.5, 0.6) is 0 Å². The highest BCUT2D eigenvalue weighted by Gasteiger charge is 2.31. The number of aliphatic hydroxyl groups is 1. The van der Waals surface area contributed by atoms with E-state index in [1.54, 1.807) is 0 Å². The fraction of sp³-hybridized carbons (Fsp3) is 0.286. The van der Waals surface area contributed by atoms with E-state index in [9.17, 15) is 13.2 Å². The highest BCUT2D eigenvalue weighted by Crippen LogP contribution is 2.30. The number of halogens is 4. The number of alkyl halides is 3. The Morgan fingerprint density at radius 2 is 2.00 bits per heavy atom. The number of hydrogen-bond donors (Lipinski definition) is 1. The van der Waals surface area contributed by atoms with Crippen LogP contribution in [0.3, 0.4) is 0 Å². The van der Waals surface area contributed by atoms with Gasteiger partial charge < -0.3 is 5.11 Å². The highest BCUT2D eigenvalue weighted by molar-refractivity contribution is 9.10. The van der Waals surface area contributed by atoms with Gasteiger partial charge in [-0.3, -0.25) is 0 Å². The van der Waals surface area contributed by atoms with E-state index in [0.717, 1.165) is 12.1 Å². The third-order valence-corrected chi connectivity index (χ3v) is 1.74. The fourth-order valence-electron chi connectivity index (χ4n) is 0.796. The largest absolute Gasteiger partial charge is 0.416 e. The molecule has 72 valence electrons. The van der Waals surface area contributed by atoms with Crippen LogP contribution in [-0.4, -0.2) is 10.1 Å². The summed E-state index contributed by atoms with van der Waals surface area (Å²) in [6.07, 6.45) is -4.41. The number of aromatic nitrogens is 1. The molecule has 1 N–H and O–H groups in total. The molecule has 0 bridgehead atoms. The van der Waals surface area contributed by atoms with Crippen molar-refractivity contribution in [3.05, 3.63) is 28.0 Å². The van der Waals surface area contributed by atoms with Crippen molar-refractivity contribution in [2.45, 2.75) is 12.8 Å². The first-order valence-electron chi connectivity index (χ1n) is 3.28. The van der Waals surface area contributed by atoms with Gasteiger partial charge in [0.25, 0.3) is 0 Å². The molecule has 0 fully saturated rings. The van der Waals surface area contributed by atoms with Gasteiger partial charge in [-0.2, -0.15) is 13.2 Å². The molecule has 13 heavy (non-hydrogen) atoms. The first-order valence-corrected chi connectivity index (χ1v) is 4.07. The van der Waals surface area contributed by atoms with Crippen LogP contribution in [0.15, 0.2) is 16.7 Å². The number of aliphatic hydroxyl groups excluding tert-OH is 1. The molecule has 0 spiro atoms. The van der Waals surface area contributed by atoms with Crippen LogP contribution in [0, 0.1) is 0 Å². The lowest BCUT2D eigenvalue weighted by Crippen LogP contribution is -2.06. The molecule has 0 atom stereocenters. The summed E-state index contributed by atoms with van der Waals surface area (Å²) in [7, 11) is 0. The summed E-state index contributed by atoms with van der Waals surface area (Å²) in [5.74, 6) is 0. The first-order chi connectivity index (χ1) is 5.93. The molecule has 1 rings (SSSR count). The van der Waals surface area contributed by atoms with Gasteiger partial charge in [0.2, 0.25) is 0 Å². The van der Waals surface area contributed by atoms with Crippen molar-refractivity contribution in [2.75, 3.05) is 0 Å². The lowest BCUT2D eigenvalue weighted by atomic mass is 10.2. The Hall–Kier alpha value is -0.620. The minimum atomic E-state index is -4.41. The third-order valence-electron chi connectivity index (χ3n) is 1.34. The van der Waals surface area contributed by atoms with Gasteiger partial charge >= 0.3 is 6.18 Å². The van der Waals surface area contributed by atoms with Crippen molar-refractivity contribution in [3.63, 3.8) is 0 Å². The van der Waals surface area contributed by atoms with Gasteiger partial charge in [-0.25, -0.2) is 4.98 Å². The fourth-order valence-corrected chi connectivity index (χ4v) is 1.27. The van der Waals surface area contributed by atoms with E-state index in [-0.39, 0.29) is 10.3 Å². The van der Waals surface area contributed by atoms with Gasteiger partial charge in [0, 0.05) is 0 Å². The molecule has 0 amide bonds. The van der Waals surface area contributed by atoms with E-state index < -0.39 is 18.3 Å². The SMILES string of the molecule is OCc1cc(C(F)(F)F)cc(Br)n1. The molecule has 0 radical (unpaired) electrons. The number of hydrogen-bond acceptors (Lipinski definition) is 2. The Morgan fingerprint density at radius 3 is 2.46 bits per heavy atom. The second-order valence-corrected chi connectivity index (χ2v) is 3.14. The summed E-state index contributed by atoms with van der Waals surface area (Å²) in [4.78, 5) is 3.63. The topological polar surface area (TPSA) is 33.1 Å². The van der Waals surface area contributed by atoms with Crippen molar-refractivity contribution in [3.8, 4) is 0 Å². The molecular weight excluding hydrogens is 251 g/mol. The minimum absolute atomic E-state index is 0.0123. The van der Waals surface area contributed by atoms with E-state index in [4.69, 9.17) is 5.11 Å². The minimum Gasteiger partial charge on any atom is -0.390 e. The number of nitrogens with zero attached hydrogens (tertiary/aromatic N) is 1.